The summed E-state index contributed by atoms with van der Waals surface area (Å²) in [6.45, 7) is 0. The number of carbonyl (C=O) groups excluding carboxylic acids is 1. The monoisotopic (exact) mass is 353 g/mol. The zero-order valence-electron chi connectivity index (χ0n) is 11.8. The maximum absolute atomic E-state index is 13.6. The van der Waals surface area contributed by atoms with Crippen LogP contribution in [0.2, 0.25) is 0 Å². The summed E-state index contributed by atoms with van der Waals surface area (Å²) in [5.74, 6) is -4.34. The zero-order valence-corrected chi connectivity index (χ0v) is 11.8. The summed E-state index contributed by atoms with van der Waals surface area (Å²) < 4.78 is 94.6. The Balaban J connectivity index is 2.18. The molecule has 2 nitrogen and oxygen atoms in total. The molecule has 1 amide bonds. The second-order valence-electron chi connectivity index (χ2n) is 5.74. The molecule has 2 aliphatic rings. The van der Waals surface area contributed by atoms with Gasteiger partial charge in [0.1, 0.15) is 5.82 Å². The van der Waals surface area contributed by atoms with E-state index < -0.39 is 53.6 Å². The van der Waals surface area contributed by atoms with Crippen molar-refractivity contribution in [3.63, 3.8) is 0 Å². The second-order valence-corrected chi connectivity index (χ2v) is 5.74. The van der Waals surface area contributed by atoms with Gasteiger partial charge < -0.3 is 4.90 Å². The molecule has 1 aliphatic carbocycles. The molecule has 24 heavy (non-hydrogen) atoms. The normalized spacial score (nSPS) is 25.4. The van der Waals surface area contributed by atoms with Crippen LogP contribution in [0.15, 0.2) is 36.4 Å². The first-order valence-electron chi connectivity index (χ1n) is 6.91. The molecule has 2 bridgehead atoms. The van der Waals surface area contributed by atoms with Gasteiger partial charge in [0.2, 0.25) is 5.54 Å². The fourth-order valence-electron chi connectivity index (χ4n) is 3.55. The number of hydrogen-bond acceptors (Lipinski definition) is 1. The highest BCUT2D eigenvalue weighted by Gasteiger charge is 2.81. The number of amides is 1. The maximum atomic E-state index is 13.6. The highest BCUT2D eigenvalue weighted by molar-refractivity contribution is 5.95. The minimum atomic E-state index is -5.72. The van der Waals surface area contributed by atoms with Crippen LogP contribution in [0, 0.1) is 11.7 Å². The van der Waals surface area contributed by atoms with Crippen LogP contribution in [-0.2, 0) is 0 Å². The van der Waals surface area contributed by atoms with Gasteiger partial charge in [0, 0.05) is 11.5 Å². The lowest BCUT2D eigenvalue weighted by atomic mass is 9.83. The lowest BCUT2D eigenvalue weighted by molar-refractivity contribution is -0.336. The Morgan fingerprint density at radius 3 is 2.25 bits per heavy atom. The molecule has 0 unspecified atom stereocenters. The highest BCUT2D eigenvalue weighted by atomic mass is 19.4. The van der Waals surface area contributed by atoms with E-state index in [0.717, 1.165) is 30.4 Å². The van der Waals surface area contributed by atoms with Gasteiger partial charge in [-0.2, -0.15) is 26.3 Å². The topological polar surface area (TPSA) is 20.3 Å². The SMILES string of the molecule is O=C(c1cccc(F)c1)N1[C@H]2C=C[C@@H](C2)C1(C(F)(F)F)C(F)(F)F. The van der Waals surface area contributed by atoms with Crippen LogP contribution in [0.25, 0.3) is 0 Å². The van der Waals surface area contributed by atoms with Gasteiger partial charge in [0.25, 0.3) is 5.91 Å². The average Bonchev–Trinajstić information content (AvgIpc) is 3.03. The van der Waals surface area contributed by atoms with Crippen LogP contribution in [0.5, 0.6) is 0 Å². The Bertz CT molecular complexity index is 693. The van der Waals surface area contributed by atoms with E-state index in [0.29, 0.717) is 6.07 Å². The van der Waals surface area contributed by atoms with E-state index in [1.165, 1.54) is 0 Å². The quantitative estimate of drug-likeness (QED) is 0.550. The predicted molar refractivity (Wildman–Crippen MR) is 68.4 cm³/mol. The Kier molecular flexibility index (Phi) is 3.47. The number of rotatable bonds is 1. The van der Waals surface area contributed by atoms with Crippen molar-refractivity contribution >= 4 is 5.91 Å². The maximum Gasteiger partial charge on any atom is 0.421 e. The standard InChI is InChI=1S/C15H10F7NO/c16-10-3-1-2-8(6-10)12(24)23-11-5-4-9(7-11)13(23,14(17,18)19)15(20,21)22/h1-6,9,11H,7H2/t9-,11-/m0/s1. The van der Waals surface area contributed by atoms with Crippen molar-refractivity contribution in [3.8, 4) is 0 Å². The summed E-state index contributed by atoms with van der Waals surface area (Å²) in [5.41, 5.74) is -4.86. The highest BCUT2D eigenvalue weighted by Crippen LogP contribution is 2.60. The van der Waals surface area contributed by atoms with Crippen molar-refractivity contribution in [3.05, 3.63) is 47.8 Å². The number of fused-ring (bicyclic) bond motifs is 2. The van der Waals surface area contributed by atoms with Gasteiger partial charge in [-0.05, 0) is 24.6 Å². The zero-order chi connectivity index (χ0) is 17.9. The Morgan fingerprint density at radius 1 is 1.08 bits per heavy atom. The molecule has 1 heterocycles. The van der Waals surface area contributed by atoms with E-state index in [2.05, 4.69) is 0 Å². The smallest absolute Gasteiger partial charge is 0.309 e. The van der Waals surface area contributed by atoms with Crippen molar-refractivity contribution in [1.82, 2.24) is 4.90 Å². The molecule has 9 heteroatoms. The number of carbonyl (C=O) groups is 1. The van der Waals surface area contributed by atoms with Crippen LogP contribution in [0.3, 0.4) is 0 Å². The van der Waals surface area contributed by atoms with Crippen molar-refractivity contribution in [2.45, 2.75) is 30.4 Å². The third-order valence-corrected chi connectivity index (χ3v) is 4.46. The molecule has 1 aliphatic heterocycles. The number of nitrogens with zero attached hydrogens (tertiary/aromatic N) is 1. The fourth-order valence-corrected chi connectivity index (χ4v) is 3.55. The van der Waals surface area contributed by atoms with Gasteiger partial charge in [-0.15, -0.1) is 0 Å². The van der Waals surface area contributed by atoms with Gasteiger partial charge in [0.15, 0.2) is 0 Å². The second kappa shape index (κ2) is 4.97. The predicted octanol–water partition coefficient (Wildman–Crippen LogP) is 4.09. The third kappa shape index (κ3) is 2.06. The summed E-state index contributed by atoms with van der Waals surface area (Å²) >= 11 is 0. The molecule has 130 valence electrons. The largest absolute Gasteiger partial charge is 0.421 e. The van der Waals surface area contributed by atoms with Crippen molar-refractivity contribution in [2.75, 3.05) is 0 Å². The molecule has 1 aromatic rings. The fraction of sp³-hybridized carbons (Fsp3) is 0.400. The lowest BCUT2D eigenvalue weighted by Crippen LogP contribution is -2.70. The molecular formula is C15H10F7NO. The molecule has 1 saturated heterocycles. The van der Waals surface area contributed by atoms with E-state index in [-0.39, 0.29) is 4.90 Å². The van der Waals surface area contributed by atoms with Crippen LogP contribution in [-0.4, -0.2) is 34.7 Å². The number of likely N-dealkylation sites (tertiary alicyclic amines) is 1. The third-order valence-electron chi connectivity index (χ3n) is 4.46. The first-order valence-corrected chi connectivity index (χ1v) is 6.91. The van der Waals surface area contributed by atoms with Gasteiger partial charge in [0.05, 0.1) is 6.04 Å². The van der Waals surface area contributed by atoms with Crippen LogP contribution >= 0.6 is 0 Å². The molecule has 0 saturated carbocycles. The van der Waals surface area contributed by atoms with Crippen LogP contribution < -0.4 is 0 Å². The molecule has 0 N–H and O–H groups in total. The van der Waals surface area contributed by atoms with Gasteiger partial charge in [-0.1, -0.05) is 18.2 Å². The molecule has 1 aromatic carbocycles. The van der Waals surface area contributed by atoms with Crippen LogP contribution in [0.1, 0.15) is 16.8 Å². The van der Waals surface area contributed by atoms with E-state index in [1.807, 2.05) is 0 Å². The first kappa shape index (κ1) is 16.8. The van der Waals surface area contributed by atoms with E-state index in [4.69, 9.17) is 0 Å². The minimum Gasteiger partial charge on any atom is -0.309 e. The summed E-state index contributed by atoms with van der Waals surface area (Å²) in [6.07, 6.45) is -9.92. The summed E-state index contributed by atoms with van der Waals surface area (Å²) in [7, 11) is 0. The molecular weight excluding hydrogens is 343 g/mol. The minimum absolute atomic E-state index is 0.188. The van der Waals surface area contributed by atoms with Gasteiger partial charge >= 0.3 is 12.4 Å². The van der Waals surface area contributed by atoms with Crippen molar-refractivity contribution in [1.29, 1.82) is 0 Å². The molecule has 1 fully saturated rings. The Morgan fingerprint density at radius 2 is 1.71 bits per heavy atom. The number of benzene rings is 1. The number of hydrogen-bond donors (Lipinski definition) is 0. The summed E-state index contributed by atoms with van der Waals surface area (Å²) in [5, 5.41) is 0. The average molecular weight is 353 g/mol. The molecule has 2 atom stereocenters. The first-order chi connectivity index (χ1) is 11.0. The molecule has 0 aromatic heterocycles. The van der Waals surface area contributed by atoms with Gasteiger partial charge in [-0.3, -0.25) is 4.79 Å². The van der Waals surface area contributed by atoms with Crippen LogP contribution in [0.4, 0.5) is 30.7 Å². The molecule has 0 spiro atoms. The lowest BCUT2D eigenvalue weighted by Gasteiger charge is -2.46. The van der Waals surface area contributed by atoms with Gasteiger partial charge in [-0.25, -0.2) is 4.39 Å². The van der Waals surface area contributed by atoms with E-state index >= 15 is 0 Å². The Labute approximate surface area is 131 Å². The summed E-state index contributed by atoms with van der Waals surface area (Å²) in [6, 6.07) is 2.26. The van der Waals surface area contributed by atoms with Crippen molar-refractivity contribution < 1.29 is 35.5 Å². The number of halogens is 7. The van der Waals surface area contributed by atoms with E-state index in [9.17, 15) is 35.5 Å². The van der Waals surface area contributed by atoms with Crippen molar-refractivity contribution in [2.24, 2.45) is 5.92 Å². The summed E-state index contributed by atoms with van der Waals surface area (Å²) in [4.78, 5) is 12.2. The Hall–Kier alpha value is -2.06. The number of alkyl halides is 6. The molecule has 3 rings (SSSR count). The molecule has 0 radical (unpaired) electrons. The van der Waals surface area contributed by atoms with E-state index in [1.54, 1.807) is 0 Å².